The van der Waals surface area contributed by atoms with Crippen molar-refractivity contribution in [1.29, 1.82) is 0 Å². The topological polar surface area (TPSA) is 17.1 Å². The van der Waals surface area contributed by atoms with Crippen LogP contribution in [0.4, 0.5) is 0 Å². The Labute approximate surface area is 102 Å². The van der Waals surface area contributed by atoms with E-state index < -0.39 is 0 Å². The summed E-state index contributed by atoms with van der Waals surface area (Å²) in [5.41, 5.74) is 1.35. The van der Waals surface area contributed by atoms with Crippen LogP contribution in [0, 0.1) is 17.3 Å². The smallest absolute Gasteiger partial charge is 0.161 e. The van der Waals surface area contributed by atoms with Crippen molar-refractivity contribution in [3.05, 3.63) is 34.3 Å². The largest absolute Gasteiger partial charge is 0.294 e. The zero-order valence-corrected chi connectivity index (χ0v) is 10.8. The fraction of sp³-hybridized carbons (Fsp3) is 0.357. The van der Waals surface area contributed by atoms with E-state index in [1.807, 2.05) is 26.8 Å². The van der Waals surface area contributed by atoms with E-state index in [9.17, 15) is 4.79 Å². The van der Waals surface area contributed by atoms with Gasteiger partial charge < -0.3 is 0 Å². The van der Waals surface area contributed by atoms with E-state index in [2.05, 4.69) is 11.8 Å². The van der Waals surface area contributed by atoms with Crippen molar-refractivity contribution in [1.82, 2.24) is 0 Å². The van der Waals surface area contributed by atoms with Crippen molar-refractivity contribution in [2.45, 2.75) is 27.7 Å². The molecule has 0 radical (unpaired) electrons. The molecule has 0 N–H and O–H groups in total. The van der Waals surface area contributed by atoms with Gasteiger partial charge in [0, 0.05) is 16.5 Å². The predicted molar refractivity (Wildman–Crippen MR) is 67.8 cm³/mol. The van der Waals surface area contributed by atoms with Crippen LogP contribution in [0.1, 0.15) is 43.6 Å². The Morgan fingerprint density at radius 2 is 1.94 bits per heavy atom. The Kier molecular flexibility index (Phi) is 3.78. The molecule has 0 unspecified atom stereocenters. The van der Waals surface area contributed by atoms with Gasteiger partial charge in [0.25, 0.3) is 0 Å². The van der Waals surface area contributed by atoms with Gasteiger partial charge in [0.05, 0.1) is 5.02 Å². The van der Waals surface area contributed by atoms with Crippen molar-refractivity contribution in [3.63, 3.8) is 0 Å². The maximum Gasteiger partial charge on any atom is 0.161 e. The zero-order valence-electron chi connectivity index (χ0n) is 10.0. The Bertz CT molecular complexity index is 470. The summed E-state index contributed by atoms with van der Waals surface area (Å²) in [5, 5.41) is 0.466. The number of halogens is 1. The number of hydrogen-bond acceptors (Lipinski definition) is 1. The molecular formula is C14H15ClO. The Morgan fingerprint density at radius 3 is 2.38 bits per heavy atom. The average molecular weight is 235 g/mol. The normalized spacial score (nSPS) is 10.6. The molecule has 84 valence electrons. The Hall–Kier alpha value is -1.26. The Morgan fingerprint density at radius 1 is 1.31 bits per heavy atom. The van der Waals surface area contributed by atoms with Gasteiger partial charge in [-0.05, 0) is 45.9 Å². The van der Waals surface area contributed by atoms with Crippen LogP contribution in [0.15, 0.2) is 18.2 Å². The lowest BCUT2D eigenvalue weighted by atomic mass is 9.97. The maximum absolute atomic E-state index is 11.2. The molecule has 0 saturated carbocycles. The monoisotopic (exact) mass is 234 g/mol. The summed E-state index contributed by atoms with van der Waals surface area (Å²) in [6.45, 7) is 7.64. The van der Waals surface area contributed by atoms with Crippen LogP contribution >= 0.6 is 11.6 Å². The first-order valence-corrected chi connectivity index (χ1v) is 5.51. The predicted octanol–water partition coefficient (Wildman–Crippen LogP) is 3.94. The summed E-state index contributed by atoms with van der Waals surface area (Å²) in [4.78, 5) is 11.2. The molecule has 0 atom stereocenters. The van der Waals surface area contributed by atoms with Gasteiger partial charge in [-0.25, -0.2) is 0 Å². The molecule has 0 aliphatic heterocycles. The van der Waals surface area contributed by atoms with Crippen molar-refractivity contribution in [2.75, 3.05) is 0 Å². The molecule has 1 nitrogen and oxygen atoms in total. The van der Waals surface area contributed by atoms with Crippen LogP contribution in [0.25, 0.3) is 0 Å². The van der Waals surface area contributed by atoms with Crippen LogP contribution in [-0.4, -0.2) is 5.78 Å². The number of benzene rings is 1. The highest BCUT2D eigenvalue weighted by Gasteiger charge is 2.06. The first-order valence-electron chi connectivity index (χ1n) is 5.13. The fourth-order valence-corrected chi connectivity index (χ4v) is 1.45. The highest BCUT2D eigenvalue weighted by Crippen LogP contribution is 2.18. The van der Waals surface area contributed by atoms with Crippen LogP contribution in [-0.2, 0) is 0 Å². The number of Topliss-reactive ketones (excluding diaryl/α,β-unsaturated/α-hetero) is 1. The second kappa shape index (κ2) is 4.72. The molecule has 2 heteroatoms. The Balaban J connectivity index is 3.06. The molecule has 16 heavy (non-hydrogen) atoms. The zero-order chi connectivity index (χ0) is 12.3. The van der Waals surface area contributed by atoms with Crippen LogP contribution in [0.3, 0.4) is 0 Å². The van der Waals surface area contributed by atoms with Gasteiger partial charge in [0.2, 0.25) is 0 Å². The lowest BCUT2D eigenvalue weighted by molar-refractivity contribution is 0.101. The van der Waals surface area contributed by atoms with Crippen molar-refractivity contribution >= 4 is 17.4 Å². The van der Waals surface area contributed by atoms with E-state index in [0.29, 0.717) is 10.6 Å². The van der Waals surface area contributed by atoms with Gasteiger partial charge in [0.1, 0.15) is 0 Å². The van der Waals surface area contributed by atoms with Crippen LogP contribution < -0.4 is 0 Å². The molecule has 0 aliphatic rings. The molecular weight excluding hydrogens is 220 g/mol. The summed E-state index contributed by atoms with van der Waals surface area (Å²) in [6, 6.07) is 5.27. The molecule has 0 aliphatic carbocycles. The number of ketones is 1. The molecule has 0 fully saturated rings. The molecule has 0 bridgehead atoms. The molecule has 0 heterocycles. The van der Waals surface area contributed by atoms with E-state index in [-0.39, 0.29) is 11.2 Å². The quantitative estimate of drug-likeness (QED) is 0.531. The van der Waals surface area contributed by atoms with E-state index in [4.69, 9.17) is 11.6 Å². The molecule has 0 saturated heterocycles. The SMILES string of the molecule is CC(=O)c1ccc(C#CC(C)(C)C)cc1Cl. The second-order valence-electron chi connectivity index (χ2n) is 4.75. The maximum atomic E-state index is 11.2. The molecule has 0 spiro atoms. The lowest BCUT2D eigenvalue weighted by Crippen LogP contribution is -1.99. The number of rotatable bonds is 1. The van der Waals surface area contributed by atoms with Gasteiger partial charge >= 0.3 is 0 Å². The molecule has 0 aromatic heterocycles. The van der Waals surface area contributed by atoms with Crippen molar-refractivity contribution in [3.8, 4) is 11.8 Å². The van der Waals surface area contributed by atoms with Gasteiger partial charge in [0.15, 0.2) is 5.78 Å². The van der Waals surface area contributed by atoms with E-state index in [0.717, 1.165) is 5.56 Å². The van der Waals surface area contributed by atoms with Crippen LogP contribution in [0.2, 0.25) is 5.02 Å². The minimum absolute atomic E-state index is 0.0275. The van der Waals surface area contributed by atoms with Crippen molar-refractivity contribution in [2.24, 2.45) is 5.41 Å². The summed E-state index contributed by atoms with van der Waals surface area (Å²) in [6.07, 6.45) is 0. The van der Waals surface area contributed by atoms with Crippen molar-refractivity contribution < 1.29 is 4.79 Å². The average Bonchev–Trinajstić information content (AvgIpc) is 2.13. The first-order chi connectivity index (χ1) is 7.29. The first kappa shape index (κ1) is 12.8. The molecule has 0 amide bonds. The third kappa shape index (κ3) is 3.72. The minimum Gasteiger partial charge on any atom is -0.294 e. The van der Waals surface area contributed by atoms with Gasteiger partial charge in [-0.15, -0.1) is 0 Å². The van der Waals surface area contributed by atoms with Gasteiger partial charge in [-0.3, -0.25) is 4.79 Å². The number of hydrogen-bond donors (Lipinski definition) is 0. The van der Waals surface area contributed by atoms with Gasteiger partial charge in [-0.1, -0.05) is 23.4 Å². The van der Waals surface area contributed by atoms with Crippen LogP contribution in [0.5, 0.6) is 0 Å². The summed E-state index contributed by atoms with van der Waals surface area (Å²) < 4.78 is 0. The number of carbonyl (C=O) groups excluding carboxylic acids is 1. The lowest BCUT2D eigenvalue weighted by Gasteiger charge is -2.07. The second-order valence-corrected chi connectivity index (χ2v) is 5.16. The van der Waals surface area contributed by atoms with E-state index in [1.54, 1.807) is 12.1 Å². The summed E-state index contributed by atoms with van der Waals surface area (Å²) in [5.74, 6) is 6.14. The molecule has 1 aromatic carbocycles. The standard InChI is InChI=1S/C14H15ClO/c1-10(16)12-6-5-11(9-13(12)15)7-8-14(2,3)4/h5-6,9H,1-4H3. The fourth-order valence-electron chi connectivity index (χ4n) is 1.14. The molecule has 1 aromatic rings. The third-order valence-electron chi connectivity index (χ3n) is 1.93. The van der Waals surface area contributed by atoms with E-state index >= 15 is 0 Å². The molecule has 1 rings (SSSR count). The highest BCUT2D eigenvalue weighted by molar-refractivity contribution is 6.33. The number of carbonyl (C=O) groups is 1. The highest BCUT2D eigenvalue weighted by atomic mass is 35.5. The summed E-state index contributed by atoms with van der Waals surface area (Å²) in [7, 11) is 0. The third-order valence-corrected chi connectivity index (χ3v) is 2.24. The van der Waals surface area contributed by atoms with E-state index in [1.165, 1.54) is 6.92 Å². The summed E-state index contributed by atoms with van der Waals surface area (Å²) >= 11 is 5.99. The minimum atomic E-state index is -0.0360. The van der Waals surface area contributed by atoms with Gasteiger partial charge in [-0.2, -0.15) is 0 Å².